The normalized spacial score (nSPS) is 11.7. The molecule has 2 nitrogen and oxygen atoms in total. The van der Waals surface area contributed by atoms with Crippen LogP contribution in [-0.4, -0.2) is 4.57 Å². The molecule has 0 unspecified atom stereocenters. The maximum absolute atomic E-state index is 6.25. The third-order valence-corrected chi connectivity index (χ3v) is 5.00. The molecule has 0 bridgehead atoms. The van der Waals surface area contributed by atoms with Gasteiger partial charge in [0.15, 0.2) is 4.80 Å². The van der Waals surface area contributed by atoms with Gasteiger partial charge in [-0.25, -0.2) is 4.99 Å². The summed E-state index contributed by atoms with van der Waals surface area (Å²) in [6, 6.07) is 15.7. The van der Waals surface area contributed by atoms with Gasteiger partial charge in [-0.3, -0.25) is 0 Å². The summed E-state index contributed by atoms with van der Waals surface area (Å²) >= 11 is 13.9. The van der Waals surface area contributed by atoms with Crippen molar-refractivity contribution in [3.05, 3.63) is 81.4 Å². The fourth-order valence-corrected chi connectivity index (χ4v) is 3.51. The van der Waals surface area contributed by atoms with Crippen molar-refractivity contribution in [2.75, 3.05) is 0 Å². The molecule has 23 heavy (non-hydrogen) atoms. The summed E-state index contributed by atoms with van der Waals surface area (Å²) in [4.78, 5) is 5.54. The van der Waals surface area contributed by atoms with E-state index in [0.717, 1.165) is 16.1 Å². The standard InChI is InChI=1S/C18H14Cl2N2S/c1-2-11-22-16(13-7-4-3-5-8-13)12-23-18(22)21-15-10-6-9-14(19)17(15)20/h2-10,12H,1,11H2. The molecule has 116 valence electrons. The summed E-state index contributed by atoms with van der Waals surface area (Å²) < 4.78 is 2.12. The molecule has 0 saturated carbocycles. The largest absolute Gasteiger partial charge is 0.313 e. The van der Waals surface area contributed by atoms with E-state index in [1.807, 2.05) is 36.4 Å². The van der Waals surface area contributed by atoms with Gasteiger partial charge >= 0.3 is 0 Å². The Morgan fingerprint density at radius 3 is 2.61 bits per heavy atom. The second kappa shape index (κ2) is 7.18. The number of halogens is 2. The third-order valence-electron chi connectivity index (χ3n) is 3.33. The molecule has 0 spiro atoms. The summed E-state index contributed by atoms with van der Waals surface area (Å²) in [7, 11) is 0. The Morgan fingerprint density at radius 1 is 1.09 bits per heavy atom. The zero-order valence-electron chi connectivity index (χ0n) is 12.2. The molecule has 3 aromatic rings. The van der Waals surface area contributed by atoms with Crippen LogP contribution in [0.5, 0.6) is 0 Å². The molecular formula is C18H14Cl2N2S. The van der Waals surface area contributed by atoms with E-state index in [0.29, 0.717) is 22.3 Å². The summed E-state index contributed by atoms with van der Waals surface area (Å²) in [6.45, 7) is 4.52. The lowest BCUT2D eigenvalue weighted by molar-refractivity contribution is 0.800. The summed E-state index contributed by atoms with van der Waals surface area (Å²) in [5, 5.41) is 3.06. The van der Waals surface area contributed by atoms with E-state index in [9.17, 15) is 0 Å². The first kappa shape index (κ1) is 16.1. The Balaban J connectivity index is 2.17. The molecule has 0 amide bonds. The van der Waals surface area contributed by atoms with Gasteiger partial charge in [-0.05, 0) is 17.7 Å². The minimum atomic E-state index is 0.467. The lowest BCUT2D eigenvalue weighted by Crippen LogP contribution is -2.14. The Labute approximate surface area is 149 Å². The Bertz CT molecular complexity index is 895. The predicted octanol–water partition coefficient (Wildman–Crippen LogP) is 5.94. The SMILES string of the molecule is C=CCn1c(-c2ccccc2)csc1=Nc1cccc(Cl)c1Cl. The monoisotopic (exact) mass is 360 g/mol. The fraction of sp³-hybridized carbons (Fsp3) is 0.0556. The van der Waals surface area contributed by atoms with Crippen LogP contribution in [0.1, 0.15) is 0 Å². The van der Waals surface area contributed by atoms with E-state index in [-0.39, 0.29) is 0 Å². The van der Waals surface area contributed by atoms with Crippen molar-refractivity contribution in [1.82, 2.24) is 4.57 Å². The van der Waals surface area contributed by atoms with Crippen LogP contribution in [0.15, 0.2) is 71.6 Å². The fourth-order valence-electron chi connectivity index (χ4n) is 2.25. The molecule has 0 N–H and O–H groups in total. The van der Waals surface area contributed by atoms with Gasteiger partial charge in [0.25, 0.3) is 0 Å². The van der Waals surface area contributed by atoms with Gasteiger partial charge in [0.05, 0.1) is 21.4 Å². The van der Waals surface area contributed by atoms with Gasteiger partial charge in [0.2, 0.25) is 0 Å². The number of nitrogens with zero attached hydrogens (tertiary/aromatic N) is 2. The number of rotatable bonds is 4. The summed E-state index contributed by atoms with van der Waals surface area (Å²) in [6.07, 6.45) is 1.86. The highest BCUT2D eigenvalue weighted by Gasteiger charge is 2.08. The van der Waals surface area contributed by atoms with Crippen LogP contribution in [0, 0.1) is 0 Å². The van der Waals surface area contributed by atoms with Crippen LogP contribution in [0.2, 0.25) is 10.0 Å². The van der Waals surface area contributed by atoms with Crippen LogP contribution < -0.4 is 4.80 Å². The van der Waals surface area contributed by atoms with Gasteiger partial charge in [0, 0.05) is 11.9 Å². The lowest BCUT2D eigenvalue weighted by atomic mass is 10.2. The molecule has 2 aromatic carbocycles. The molecule has 0 atom stereocenters. The quantitative estimate of drug-likeness (QED) is 0.512. The highest BCUT2D eigenvalue weighted by molar-refractivity contribution is 7.07. The van der Waals surface area contributed by atoms with E-state index in [1.165, 1.54) is 0 Å². The maximum Gasteiger partial charge on any atom is 0.190 e. The van der Waals surface area contributed by atoms with Crippen LogP contribution in [0.25, 0.3) is 11.3 Å². The van der Waals surface area contributed by atoms with Crippen molar-refractivity contribution in [3.63, 3.8) is 0 Å². The Hall–Kier alpha value is -1.81. The zero-order chi connectivity index (χ0) is 16.2. The van der Waals surface area contributed by atoms with Crippen molar-refractivity contribution in [3.8, 4) is 11.3 Å². The smallest absolute Gasteiger partial charge is 0.190 e. The number of allylic oxidation sites excluding steroid dienone is 1. The van der Waals surface area contributed by atoms with Gasteiger partial charge in [0.1, 0.15) is 0 Å². The molecule has 1 aromatic heterocycles. The molecule has 0 radical (unpaired) electrons. The van der Waals surface area contributed by atoms with Crippen molar-refractivity contribution in [1.29, 1.82) is 0 Å². The first-order valence-corrected chi connectivity index (χ1v) is 8.67. The van der Waals surface area contributed by atoms with Gasteiger partial charge < -0.3 is 4.57 Å². The second-order valence-electron chi connectivity index (χ2n) is 4.85. The Morgan fingerprint density at radius 2 is 1.87 bits per heavy atom. The van der Waals surface area contributed by atoms with Crippen LogP contribution in [-0.2, 0) is 6.54 Å². The van der Waals surface area contributed by atoms with Crippen LogP contribution in [0.3, 0.4) is 0 Å². The van der Waals surface area contributed by atoms with Crippen LogP contribution >= 0.6 is 34.5 Å². The lowest BCUT2D eigenvalue weighted by Gasteiger charge is -2.06. The first-order valence-electron chi connectivity index (χ1n) is 7.04. The number of benzene rings is 2. The van der Waals surface area contributed by atoms with Gasteiger partial charge in [-0.15, -0.1) is 17.9 Å². The number of hydrogen-bond donors (Lipinski definition) is 0. The molecule has 0 saturated heterocycles. The molecule has 0 aliphatic heterocycles. The van der Waals surface area contributed by atoms with Crippen LogP contribution in [0.4, 0.5) is 5.69 Å². The average Bonchev–Trinajstić information content (AvgIpc) is 2.96. The van der Waals surface area contributed by atoms with Crippen molar-refractivity contribution < 1.29 is 0 Å². The van der Waals surface area contributed by atoms with E-state index in [2.05, 4.69) is 33.7 Å². The van der Waals surface area contributed by atoms with E-state index < -0.39 is 0 Å². The van der Waals surface area contributed by atoms with E-state index in [1.54, 1.807) is 17.4 Å². The van der Waals surface area contributed by atoms with Gasteiger partial charge in [-0.1, -0.05) is 65.7 Å². The summed E-state index contributed by atoms with van der Waals surface area (Å²) in [5.74, 6) is 0. The minimum Gasteiger partial charge on any atom is -0.313 e. The van der Waals surface area contributed by atoms with Crippen molar-refractivity contribution in [2.24, 2.45) is 4.99 Å². The van der Waals surface area contributed by atoms with Crippen molar-refractivity contribution in [2.45, 2.75) is 6.54 Å². The Kier molecular flexibility index (Phi) is 5.01. The zero-order valence-corrected chi connectivity index (χ0v) is 14.6. The highest BCUT2D eigenvalue weighted by Crippen LogP contribution is 2.31. The molecule has 0 fully saturated rings. The first-order chi connectivity index (χ1) is 11.2. The maximum atomic E-state index is 6.25. The molecule has 5 heteroatoms. The van der Waals surface area contributed by atoms with E-state index in [4.69, 9.17) is 23.2 Å². The molecule has 3 rings (SSSR count). The highest BCUT2D eigenvalue weighted by atomic mass is 35.5. The minimum absolute atomic E-state index is 0.467. The number of aromatic nitrogens is 1. The van der Waals surface area contributed by atoms with E-state index >= 15 is 0 Å². The molecule has 0 aliphatic carbocycles. The summed E-state index contributed by atoms with van der Waals surface area (Å²) in [5.41, 5.74) is 2.91. The molecular weight excluding hydrogens is 347 g/mol. The van der Waals surface area contributed by atoms with Crippen molar-refractivity contribution >= 4 is 40.2 Å². The second-order valence-corrected chi connectivity index (χ2v) is 6.48. The average molecular weight is 361 g/mol. The van der Waals surface area contributed by atoms with Gasteiger partial charge in [-0.2, -0.15) is 0 Å². The third kappa shape index (κ3) is 3.42. The number of hydrogen-bond acceptors (Lipinski definition) is 2. The topological polar surface area (TPSA) is 17.3 Å². The molecule has 1 heterocycles. The predicted molar refractivity (Wildman–Crippen MR) is 99.6 cm³/mol. The number of thiazole rings is 1. The molecule has 0 aliphatic rings.